The molecule has 4 heteroatoms. The van der Waals surface area contributed by atoms with Crippen molar-refractivity contribution in [3.8, 4) is 78.6 Å². The molecule has 4 nitrogen and oxygen atoms in total. The SMILES string of the molecule is [2H]C([2H])([2H])c1cc(-n2c(-c3cc(C(C)(C)C)cc(C(C)(C)C)c3O)nc3c(-c4cc(-c5ccccc5)cc(-c5cc(-c6ccc(C([2H])(C)C)cc6)ccn5)c4)cccc32)cc(-c2ccccc2)c1C([2H])([2H])[2H]. The second-order valence-electron chi connectivity index (χ2n) is 19.3. The maximum atomic E-state index is 12.6. The maximum absolute atomic E-state index is 12.6. The highest BCUT2D eigenvalue weighted by molar-refractivity contribution is 5.98. The van der Waals surface area contributed by atoms with Crippen LogP contribution in [-0.4, -0.2) is 19.6 Å². The monoisotopic (exact) mass is 857 g/mol. The van der Waals surface area contributed by atoms with E-state index >= 15 is 0 Å². The number of rotatable bonds is 8. The normalized spacial score (nSPS) is 14.2. The Hall–Kier alpha value is -7.04. The molecule has 0 saturated heterocycles. The fourth-order valence-corrected chi connectivity index (χ4v) is 8.68. The van der Waals surface area contributed by atoms with Crippen molar-refractivity contribution < 1.29 is 14.7 Å². The molecule has 0 radical (unpaired) electrons. The van der Waals surface area contributed by atoms with Gasteiger partial charge in [0.15, 0.2) is 0 Å². The molecular formula is C61H59N3O. The number of phenolic OH excluding ortho intramolecular Hbond substituents is 1. The molecule has 0 aliphatic rings. The largest absolute Gasteiger partial charge is 0.507 e. The van der Waals surface area contributed by atoms with Gasteiger partial charge < -0.3 is 5.11 Å². The average Bonchev–Trinajstić information content (AvgIpc) is 3.72. The van der Waals surface area contributed by atoms with E-state index in [4.69, 9.17) is 19.6 Å². The van der Waals surface area contributed by atoms with E-state index in [0.29, 0.717) is 33.7 Å². The van der Waals surface area contributed by atoms with Crippen molar-refractivity contribution in [1.82, 2.24) is 14.5 Å². The van der Waals surface area contributed by atoms with Gasteiger partial charge in [-0.1, -0.05) is 159 Å². The minimum absolute atomic E-state index is 0.0457. The first-order valence-corrected chi connectivity index (χ1v) is 22.2. The summed E-state index contributed by atoms with van der Waals surface area (Å²) in [6.45, 7) is 10.7. The summed E-state index contributed by atoms with van der Waals surface area (Å²) in [5.41, 5.74) is 11.3. The van der Waals surface area contributed by atoms with Crippen LogP contribution in [0.1, 0.15) is 98.7 Å². The summed E-state index contributed by atoms with van der Waals surface area (Å²) in [7, 11) is 0. The van der Waals surface area contributed by atoms with E-state index in [-0.39, 0.29) is 27.9 Å². The van der Waals surface area contributed by atoms with Gasteiger partial charge in [0.1, 0.15) is 11.6 Å². The second kappa shape index (κ2) is 16.8. The first-order valence-electron chi connectivity index (χ1n) is 25.7. The summed E-state index contributed by atoms with van der Waals surface area (Å²) in [5, 5.41) is 12.6. The number of aromatic nitrogens is 3. The first-order chi connectivity index (χ1) is 33.8. The Labute approximate surface area is 395 Å². The number of benzene rings is 7. The van der Waals surface area contributed by atoms with Crippen LogP contribution in [0.4, 0.5) is 0 Å². The smallest absolute Gasteiger partial charge is 0.149 e. The minimum atomic E-state index is -2.82. The Morgan fingerprint density at radius 2 is 1.25 bits per heavy atom. The number of nitrogens with zero attached hydrogens (tertiary/aromatic N) is 3. The van der Waals surface area contributed by atoms with Crippen molar-refractivity contribution in [3.63, 3.8) is 0 Å². The summed E-state index contributed by atoms with van der Waals surface area (Å²) in [5.74, 6) is -0.320. The van der Waals surface area contributed by atoms with Crippen LogP contribution >= 0.6 is 0 Å². The zero-order chi connectivity index (χ0) is 51.7. The third kappa shape index (κ3) is 8.42. The number of pyridine rings is 1. The van der Waals surface area contributed by atoms with Crippen LogP contribution in [-0.2, 0) is 10.8 Å². The third-order valence-corrected chi connectivity index (χ3v) is 12.4. The molecule has 7 aromatic carbocycles. The highest BCUT2D eigenvalue weighted by atomic mass is 16.3. The van der Waals surface area contributed by atoms with Crippen molar-refractivity contribution in [2.75, 3.05) is 0 Å². The van der Waals surface area contributed by atoms with Gasteiger partial charge in [0.25, 0.3) is 0 Å². The molecule has 0 fully saturated rings. The molecule has 0 spiro atoms. The summed E-state index contributed by atoms with van der Waals surface area (Å²) in [4.78, 5) is 10.4. The molecule has 324 valence electrons. The third-order valence-electron chi connectivity index (χ3n) is 12.4. The molecule has 0 atom stereocenters. The van der Waals surface area contributed by atoms with E-state index in [2.05, 4.69) is 84.0 Å². The number of phenols is 1. The number of hydrogen-bond donors (Lipinski definition) is 1. The number of imidazole rings is 1. The second-order valence-corrected chi connectivity index (χ2v) is 19.3. The molecule has 9 rings (SSSR count). The van der Waals surface area contributed by atoms with E-state index in [1.54, 1.807) is 30.3 Å². The van der Waals surface area contributed by atoms with Gasteiger partial charge in [-0.2, -0.15) is 0 Å². The first kappa shape index (κ1) is 35.3. The van der Waals surface area contributed by atoms with Crippen molar-refractivity contribution in [1.29, 1.82) is 0 Å². The van der Waals surface area contributed by atoms with E-state index in [1.165, 1.54) is 6.07 Å². The Balaban J connectivity index is 1.36. The van der Waals surface area contributed by atoms with Crippen molar-refractivity contribution in [2.45, 2.75) is 85.8 Å². The molecule has 0 aliphatic heterocycles. The lowest BCUT2D eigenvalue weighted by atomic mass is 9.79. The van der Waals surface area contributed by atoms with E-state index in [1.807, 2.05) is 103 Å². The molecule has 2 aromatic heterocycles. The van der Waals surface area contributed by atoms with Gasteiger partial charge in [0.2, 0.25) is 0 Å². The molecule has 65 heavy (non-hydrogen) atoms. The predicted octanol–water partition coefficient (Wildman–Crippen LogP) is 16.5. The Bertz CT molecular complexity index is 3480. The fourth-order valence-electron chi connectivity index (χ4n) is 8.68. The molecule has 1 N–H and O–H groups in total. The maximum Gasteiger partial charge on any atom is 0.149 e. The van der Waals surface area contributed by atoms with Crippen molar-refractivity contribution >= 4 is 11.0 Å². The molecular weight excluding hydrogens is 791 g/mol. The van der Waals surface area contributed by atoms with Gasteiger partial charge in [-0.3, -0.25) is 9.55 Å². The van der Waals surface area contributed by atoms with Gasteiger partial charge in [0, 0.05) is 38.2 Å². The number of aryl methyl sites for hydroxylation is 1. The zero-order valence-corrected chi connectivity index (χ0v) is 38.4. The standard InChI is InChI=1S/C61H59N3O/c1-38(2)41-24-26-43(27-25-41)45-28-29-62-55(34-45)48-32-46(42-18-13-11-14-19-42)31-47(33-48)51-22-17-23-56-57(51)63-59(53-35-49(60(5,6)7)36-54(58(53)65)61(8,9)10)64(56)50-30-39(3)40(4)52(37-50)44-20-15-12-16-21-44/h11-38,65H,1-10H3/i3D3,4D3,38D. The van der Waals surface area contributed by atoms with Gasteiger partial charge in [-0.25, -0.2) is 4.98 Å². The van der Waals surface area contributed by atoms with Crippen molar-refractivity contribution in [3.05, 3.63) is 192 Å². The molecule has 0 amide bonds. The van der Waals surface area contributed by atoms with Crippen molar-refractivity contribution in [2.24, 2.45) is 0 Å². The van der Waals surface area contributed by atoms with Crippen LogP contribution in [0.2, 0.25) is 0 Å². The van der Waals surface area contributed by atoms with Crippen LogP contribution in [0, 0.1) is 13.7 Å². The Kier molecular flexibility index (Phi) is 9.14. The van der Waals surface area contributed by atoms with Crippen LogP contribution in [0.3, 0.4) is 0 Å². The lowest BCUT2D eigenvalue weighted by Crippen LogP contribution is -2.17. The summed E-state index contributed by atoms with van der Waals surface area (Å²) < 4.78 is 63.0. The van der Waals surface area contributed by atoms with Crippen LogP contribution in [0.15, 0.2) is 164 Å². The topological polar surface area (TPSA) is 50.9 Å². The Morgan fingerprint density at radius 1 is 0.569 bits per heavy atom. The number of hydrogen-bond acceptors (Lipinski definition) is 3. The Morgan fingerprint density at radius 3 is 1.91 bits per heavy atom. The van der Waals surface area contributed by atoms with Gasteiger partial charge in [-0.15, -0.1) is 0 Å². The van der Waals surface area contributed by atoms with Crippen LogP contribution in [0.25, 0.3) is 83.9 Å². The van der Waals surface area contributed by atoms with E-state index < -0.39 is 25.0 Å². The van der Waals surface area contributed by atoms with Crippen LogP contribution < -0.4 is 0 Å². The predicted molar refractivity (Wildman–Crippen MR) is 274 cm³/mol. The van der Waals surface area contributed by atoms with Gasteiger partial charge in [-0.05, 0) is 146 Å². The average molecular weight is 857 g/mol. The molecule has 0 saturated carbocycles. The molecule has 0 bridgehead atoms. The summed E-state index contributed by atoms with van der Waals surface area (Å²) in [6.07, 6.45) is 1.81. The summed E-state index contributed by atoms with van der Waals surface area (Å²) in [6, 6.07) is 50.8. The number of para-hydroxylation sites is 1. The lowest BCUT2D eigenvalue weighted by Gasteiger charge is -2.27. The van der Waals surface area contributed by atoms with E-state index in [0.717, 1.165) is 61.3 Å². The molecule has 0 unspecified atom stereocenters. The quantitative estimate of drug-likeness (QED) is 0.166. The zero-order valence-electron chi connectivity index (χ0n) is 45.4. The number of aromatic hydroxyl groups is 1. The van der Waals surface area contributed by atoms with Gasteiger partial charge in [0.05, 0.1) is 22.3 Å². The summed E-state index contributed by atoms with van der Waals surface area (Å²) >= 11 is 0. The molecule has 9 aromatic rings. The number of fused-ring (bicyclic) bond motifs is 1. The lowest BCUT2D eigenvalue weighted by molar-refractivity contribution is 0.446. The van der Waals surface area contributed by atoms with E-state index in [9.17, 15) is 5.11 Å². The van der Waals surface area contributed by atoms with Crippen LogP contribution in [0.5, 0.6) is 5.75 Å². The molecule has 0 aliphatic carbocycles. The van der Waals surface area contributed by atoms with Gasteiger partial charge >= 0.3 is 0 Å². The highest BCUT2D eigenvalue weighted by Crippen LogP contribution is 2.45. The minimum Gasteiger partial charge on any atom is -0.507 e. The highest BCUT2D eigenvalue weighted by Gasteiger charge is 2.29. The molecule has 2 heterocycles. The fraction of sp³-hybridized carbons (Fsp3) is 0.213.